The third kappa shape index (κ3) is 6.68. The molecule has 47 heavy (non-hydrogen) atoms. The maximum absolute atomic E-state index is 13.1. The Morgan fingerprint density at radius 3 is 1.51 bits per heavy atom. The largest absolute Gasteiger partial charge is 0.465 e. The Hall–Kier alpha value is -2.64. The van der Waals surface area contributed by atoms with Crippen LogP contribution in [-0.4, -0.2) is 50.3 Å². The van der Waals surface area contributed by atoms with Crippen LogP contribution in [0.25, 0.3) is 0 Å². The third-order valence-corrected chi connectivity index (χ3v) is 14.1. The van der Waals surface area contributed by atoms with E-state index in [-0.39, 0.29) is 35.7 Å². The summed E-state index contributed by atoms with van der Waals surface area (Å²) in [5, 5.41) is 0. The van der Waals surface area contributed by atoms with Crippen LogP contribution in [0.5, 0.6) is 0 Å². The molecular weight excluding hydrogens is 596 g/mol. The van der Waals surface area contributed by atoms with Crippen molar-refractivity contribution in [3.63, 3.8) is 0 Å². The summed E-state index contributed by atoms with van der Waals surface area (Å²) >= 11 is 0. The SMILES string of the molecule is C=CC(=O)OCC1CC2C3C[C@@H](CC3COC(=O)C3CCC(C(=O)OCC4CC5C6C[C@@H](CC6COC(=O)C(=C)C)C5C4)CC3)[C@H]2C1. The molecular formula is C39H54O8. The Kier molecular flexibility index (Phi) is 9.59. The van der Waals surface area contributed by atoms with Gasteiger partial charge in [-0.25, -0.2) is 9.59 Å². The van der Waals surface area contributed by atoms with Gasteiger partial charge in [-0.3, -0.25) is 9.59 Å². The fourth-order valence-corrected chi connectivity index (χ4v) is 12.1. The van der Waals surface area contributed by atoms with Gasteiger partial charge in [0.05, 0.1) is 38.3 Å². The van der Waals surface area contributed by atoms with E-state index in [4.69, 9.17) is 18.9 Å². The van der Waals surface area contributed by atoms with Gasteiger partial charge in [0, 0.05) is 11.6 Å². The standard InChI is InChI=1S/C39H54O8/c1-4-36(40)44-17-22-9-30-27-14-29(33(16-27)34(30)11-22)20-47-39(43)25-7-5-24(6-8-25)38(42)45-18-23-10-31-26-13-28(19-46-37(41)21(2)3)32(15-26)35(31)12-23/h4,22-35H,1-2,5-20H2,3H3/t22?,23?,24?,25?,26-,27-,28?,29?,30-,31?,32?,33?,34?,35?/m1/s1. The average Bonchev–Trinajstić information content (AvgIpc) is 3.91. The highest BCUT2D eigenvalue weighted by Crippen LogP contribution is 2.63. The lowest BCUT2D eigenvalue weighted by atomic mass is 9.76. The molecule has 0 aromatic rings. The van der Waals surface area contributed by atoms with Gasteiger partial charge in [-0.15, -0.1) is 0 Å². The monoisotopic (exact) mass is 650 g/mol. The molecule has 4 bridgehead atoms. The number of hydrogen-bond acceptors (Lipinski definition) is 8. The quantitative estimate of drug-likeness (QED) is 0.137. The van der Waals surface area contributed by atoms with Gasteiger partial charge >= 0.3 is 23.9 Å². The van der Waals surface area contributed by atoms with Gasteiger partial charge in [-0.1, -0.05) is 13.2 Å². The molecule has 7 fully saturated rings. The van der Waals surface area contributed by atoms with Crippen LogP contribution in [-0.2, 0) is 38.1 Å². The van der Waals surface area contributed by atoms with Crippen molar-refractivity contribution in [3.05, 3.63) is 24.8 Å². The summed E-state index contributed by atoms with van der Waals surface area (Å²) in [5.74, 6) is 6.18. The molecule has 8 nitrogen and oxygen atoms in total. The molecule has 12 atom stereocenters. The minimum atomic E-state index is -0.338. The van der Waals surface area contributed by atoms with E-state index in [1.807, 2.05) is 0 Å². The van der Waals surface area contributed by atoms with Crippen molar-refractivity contribution in [3.8, 4) is 0 Å². The van der Waals surface area contributed by atoms with E-state index in [9.17, 15) is 19.2 Å². The van der Waals surface area contributed by atoms with Gasteiger partial charge in [0.2, 0.25) is 0 Å². The molecule has 7 aliphatic carbocycles. The van der Waals surface area contributed by atoms with E-state index in [0.717, 1.165) is 50.4 Å². The smallest absolute Gasteiger partial charge is 0.333 e. The van der Waals surface area contributed by atoms with E-state index in [0.29, 0.717) is 117 Å². The summed E-state index contributed by atoms with van der Waals surface area (Å²) in [5.41, 5.74) is 0.456. The number of fused-ring (bicyclic) bond motifs is 10. The fraction of sp³-hybridized carbons (Fsp3) is 0.795. The van der Waals surface area contributed by atoms with E-state index < -0.39 is 0 Å². The van der Waals surface area contributed by atoms with Crippen molar-refractivity contribution in [2.75, 3.05) is 26.4 Å². The number of carbonyl (C=O) groups is 4. The minimum absolute atomic E-state index is 0.0865. The second-order valence-corrected chi connectivity index (χ2v) is 16.7. The predicted molar refractivity (Wildman–Crippen MR) is 173 cm³/mol. The summed E-state index contributed by atoms with van der Waals surface area (Å²) < 4.78 is 22.7. The van der Waals surface area contributed by atoms with E-state index in [2.05, 4.69) is 13.2 Å². The topological polar surface area (TPSA) is 105 Å². The van der Waals surface area contributed by atoms with Crippen LogP contribution in [0.15, 0.2) is 24.8 Å². The molecule has 0 saturated heterocycles. The molecule has 7 aliphatic rings. The first-order valence-electron chi connectivity index (χ1n) is 18.6. The number of ether oxygens (including phenoxy) is 4. The number of rotatable bonds is 12. The zero-order valence-corrected chi connectivity index (χ0v) is 28.2. The molecule has 9 unspecified atom stereocenters. The Morgan fingerprint density at radius 2 is 1.02 bits per heavy atom. The van der Waals surface area contributed by atoms with Crippen LogP contribution < -0.4 is 0 Å². The van der Waals surface area contributed by atoms with Crippen molar-refractivity contribution in [2.24, 2.45) is 82.9 Å². The van der Waals surface area contributed by atoms with Crippen molar-refractivity contribution < 1.29 is 38.1 Å². The number of carbonyl (C=O) groups excluding carboxylic acids is 4. The molecule has 7 rings (SSSR count). The third-order valence-electron chi connectivity index (χ3n) is 14.1. The zero-order chi connectivity index (χ0) is 32.8. The van der Waals surface area contributed by atoms with Crippen molar-refractivity contribution >= 4 is 23.9 Å². The van der Waals surface area contributed by atoms with Gasteiger partial charge in [-0.2, -0.15) is 0 Å². The lowest BCUT2D eigenvalue weighted by Crippen LogP contribution is -2.32. The summed E-state index contributed by atoms with van der Waals surface area (Å²) in [4.78, 5) is 49.5. The van der Waals surface area contributed by atoms with Gasteiger partial charge in [0.1, 0.15) is 0 Å². The first kappa shape index (κ1) is 32.9. The molecule has 8 heteroatoms. The lowest BCUT2D eigenvalue weighted by molar-refractivity contribution is -0.157. The Balaban J connectivity index is 0.787. The summed E-state index contributed by atoms with van der Waals surface area (Å²) in [6.45, 7) is 10.9. The average molecular weight is 651 g/mol. The molecule has 7 saturated carbocycles. The number of esters is 4. The van der Waals surface area contributed by atoms with Gasteiger partial charge < -0.3 is 18.9 Å². The summed E-state index contributed by atoms with van der Waals surface area (Å²) in [6.07, 6.45) is 13.3. The highest BCUT2D eigenvalue weighted by atomic mass is 16.5. The van der Waals surface area contributed by atoms with Crippen LogP contribution in [0, 0.1) is 82.9 Å². The van der Waals surface area contributed by atoms with Crippen LogP contribution in [0.1, 0.15) is 84.0 Å². The molecule has 0 N–H and O–H groups in total. The molecule has 0 amide bonds. The first-order valence-corrected chi connectivity index (χ1v) is 18.6. The first-order chi connectivity index (χ1) is 22.7. The predicted octanol–water partition coefficient (Wildman–Crippen LogP) is 6.32. The molecule has 0 aliphatic heterocycles. The van der Waals surface area contributed by atoms with Crippen LogP contribution >= 0.6 is 0 Å². The van der Waals surface area contributed by atoms with E-state index in [1.165, 1.54) is 18.9 Å². The van der Waals surface area contributed by atoms with Crippen LogP contribution in [0.4, 0.5) is 0 Å². The molecule has 0 heterocycles. The minimum Gasteiger partial charge on any atom is -0.465 e. The molecule has 0 aromatic heterocycles. The highest BCUT2D eigenvalue weighted by Gasteiger charge is 2.57. The number of hydrogen-bond donors (Lipinski definition) is 0. The second kappa shape index (κ2) is 13.7. The highest BCUT2D eigenvalue weighted by molar-refractivity contribution is 5.86. The zero-order valence-electron chi connectivity index (χ0n) is 28.2. The molecule has 0 spiro atoms. The van der Waals surface area contributed by atoms with Crippen LogP contribution in [0.3, 0.4) is 0 Å². The summed E-state index contributed by atoms with van der Waals surface area (Å²) in [6, 6.07) is 0. The van der Waals surface area contributed by atoms with Gasteiger partial charge in [-0.05, 0) is 155 Å². The molecule has 0 radical (unpaired) electrons. The Labute approximate surface area is 279 Å². The molecule has 258 valence electrons. The van der Waals surface area contributed by atoms with Crippen molar-refractivity contribution in [1.82, 2.24) is 0 Å². The van der Waals surface area contributed by atoms with E-state index in [1.54, 1.807) is 6.92 Å². The van der Waals surface area contributed by atoms with Gasteiger partial charge in [0.15, 0.2) is 0 Å². The van der Waals surface area contributed by atoms with Crippen LogP contribution in [0.2, 0.25) is 0 Å². The Bertz CT molecular complexity index is 1250. The second-order valence-electron chi connectivity index (χ2n) is 16.7. The fourth-order valence-electron chi connectivity index (χ4n) is 12.1. The maximum atomic E-state index is 13.1. The van der Waals surface area contributed by atoms with Gasteiger partial charge in [0.25, 0.3) is 0 Å². The maximum Gasteiger partial charge on any atom is 0.333 e. The van der Waals surface area contributed by atoms with E-state index >= 15 is 0 Å². The normalized spacial score (nSPS) is 42.4. The van der Waals surface area contributed by atoms with Crippen molar-refractivity contribution in [1.29, 1.82) is 0 Å². The molecule has 0 aromatic carbocycles. The van der Waals surface area contributed by atoms with Crippen molar-refractivity contribution in [2.45, 2.75) is 84.0 Å². The Morgan fingerprint density at radius 1 is 0.574 bits per heavy atom. The lowest BCUT2D eigenvalue weighted by Gasteiger charge is -2.32. The summed E-state index contributed by atoms with van der Waals surface area (Å²) in [7, 11) is 0.